The van der Waals surface area contributed by atoms with Crippen LogP contribution in [0.1, 0.15) is 11.3 Å². The van der Waals surface area contributed by atoms with E-state index < -0.39 is 5.76 Å². The number of nitrogens with one attached hydrogen (secondary N) is 1. The molecule has 1 atom stereocenters. The Labute approximate surface area is 199 Å². The molecule has 1 aliphatic heterocycles. The molecule has 0 spiro atoms. The van der Waals surface area contributed by atoms with Crippen LogP contribution in [0.2, 0.25) is 0 Å². The van der Waals surface area contributed by atoms with Gasteiger partial charge in [0.2, 0.25) is 5.91 Å². The zero-order valence-electron chi connectivity index (χ0n) is 16.4. The number of furan rings is 1. The second-order valence-electron chi connectivity index (χ2n) is 6.68. The van der Waals surface area contributed by atoms with Crippen LogP contribution in [0.4, 0.5) is 8.78 Å². The van der Waals surface area contributed by atoms with Crippen LogP contribution in [0.15, 0.2) is 84.7 Å². The molecule has 0 radical (unpaired) electrons. The van der Waals surface area contributed by atoms with Crippen molar-refractivity contribution in [2.75, 3.05) is 0 Å². The second kappa shape index (κ2) is 10.5. The van der Waals surface area contributed by atoms with Gasteiger partial charge in [-0.2, -0.15) is 13.9 Å². The molecule has 1 aromatic heterocycles. The average Bonchev–Trinajstić information content (AvgIpc) is 3.36. The molecule has 10 heteroatoms. The Morgan fingerprint density at radius 3 is 2.59 bits per heavy atom. The Balaban J connectivity index is 1.34. The van der Waals surface area contributed by atoms with Gasteiger partial charge in [0.1, 0.15) is 11.5 Å². The van der Waals surface area contributed by atoms with Gasteiger partial charge in [0, 0.05) is 14.9 Å². The van der Waals surface area contributed by atoms with Crippen LogP contribution in [-0.2, 0) is 11.2 Å². The van der Waals surface area contributed by atoms with E-state index in [1.165, 1.54) is 18.0 Å². The highest BCUT2D eigenvalue weighted by molar-refractivity contribution is 9.10. The van der Waals surface area contributed by atoms with Crippen LogP contribution in [0.3, 0.4) is 0 Å². The van der Waals surface area contributed by atoms with Crippen molar-refractivity contribution < 1.29 is 18.0 Å². The lowest BCUT2D eigenvalue weighted by Gasteiger charge is -2.06. The van der Waals surface area contributed by atoms with Crippen molar-refractivity contribution in [3.63, 3.8) is 0 Å². The number of carbonyl (C=O) groups is 1. The molecule has 164 valence electrons. The van der Waals surface area contributed by atoms with Gasteiger partial charge in [-0.3, -0.25) is 4.79 Å². The summed E-state index contributed by atoms with van der Waals surface area (Å²) in [6, 6.07) is 18.2. The topological polar surface area (TPSA) is 67.0 Å². The summed E-state index contributed by atoms with van der Waals surface area (Å²) >= 11 is 5.18. The van der Waals surface area contributed by atoms with Gasteiger partial charge in [0.05, 0.1) is 11.5 Å². The normalized spacial score (nSPS) is 17.6. The van der Waals surface area contributed by atoms with E-state index in [1.807, 2.05) is 30.3 Å². The van der Waals surface area contributed by atoms with E-state index in [0.717, 1.165) is 15.6 Å². The molecule has 0 saturated carbocycles. The molecule has 1 N–H and O–H groups in total. The first-order chi connectivity index (χ1) is 15.5. The average molecular weight is 536 g/mol. The molecule has 3 aromatic rings. The number of hydrogen-bond donors (Lipinski definition) is 1. The maximum Gasteiger partial charge on any atom is 0.288 e. The Kier molecular flexibility index (Phi) is 7.44. The number of rotatable bonds is 7. The molecule has 1 aliphatic rings. The minimum atomic E-state index is -2.45. The molecule has 0 aliphatic carbocycles. The predicted octanol–water partition coefficient (Wildman–Crippen LogP) is 6.19. The van der Waals surface area contributed by atoms with Crippen molar-refractivity contribution in [1.29, 1.82) is 0 Å². The Morgan fingerprint density at radius 2 is 1.88 bits per heavy atom. The van der Waals surface area contributed by atoms with E-state index in [2.05, 4.69) is 31.4 Å². The number of alkyl halides is 2. The zero-order chi connectivity index (χ0) is 22.5. The fourth-order valence-electron chi connectivity index (χ4n) is 2.94. The van der Waals surface area contributed by atoms with Crippen LogP contribution in [0.25, 0.3) is 11.3 Å². The van der Waals surface area contributed by atoms with Crippen molar-refractivity contribution in [3.05, 3.63) is 76.5 Å². The third-order valence-corrected chi connectivity index (χ3v) is 6.76. The highest BCUT2D eigenvalue weighted by Gasteiger charge is 2.30. The third kappa shape index (κ3) is 6.08. The summed E-state index contributed by atoms with van der Waals surface area (Å²) < 4.78 is 31.6. The highest BCUT2D eigenvalue weighted by atomic mass is 79.9. The number of amidine groups is 1. The standard InChI is InChI=1S/C22H16BrF2N3O2S2/c23-15-5-3-14(4-6-15)18-10-7-16(30-18)12-26-28-22-27-20(29)19(32-22)11-13-1-8-17(9-2-13)31-21(24)25/h1-10,12,19,21H,11H2,(H,27,28,29)/b26-12-/t19-/m0/s1. The number of halogens is 3. The van der Waals surface area contributed by atoms with Gasteiger partial charge in [-0.15, -0.1) is 5.10 Å². The lowest BCUT2D eigenvalue weighted by atomic mass is 10.1. The number of benzene rings is 2. The van der Waals surface area contributed by atoms with Gasteiger partial charge in [-0.05, 0) is 48.4 Å². The summed E-state index contributed by atoms with van der Waals surface area (Å²) in [5, 5.41) is 10.8. The maximum absolute atomic E-state index is 12.4. The fourth-order valence-corrected chi connectivity index (χ4v) is 4.67. The minimum Gasteiger partial charge on any atom is -0.455 e. The van der Waals surface area contributed by atoms with Gasteiger partial charge in [-0.1, -0.05) is 63.7 Å². The summed E-state index contributed by atoms with van der Waals surface area (Å²) in [5.41, 5.74) is 1.83. The minimum absolute atomic E-state index is 0.162. The van der Waals surface area contributed by atoms with E-state index in [9.17, 15) is 13.6 Å². The van der Waals surface area contributed by atoms with Crippen LogP contribution in [0, 0.1) is 0 Å². The molecule has 5 nitrogen and oxygen atoms in total. The molecule has 0 bridgehead atoms. The van der Waals surface area contributed by atoms with E-state index in [-0.39, 0.29) is 11.2 Å². The first-order valence-electron chi connectivity index (χ1n) is 9.44. The smallest absolute Gasteiger partial charge is 0.288 e. The predicted molar refractivity (Wildman–Crippen MR) is 128 cm³/mol. The number of amides is 1. The van der Waals surface area contributed by atoms with E-state index in [1.54, 1.807) is 30.3 Å². The molecule has 2 aromatic carbocycles. The summed E-state index contributed by atoms with van der Waals surface area (Å²) in [6.07, 6.45) is 1.95. The number of nitrogens with zero attached hydrogens (tertiary/aromatic N) is 2. The van der Waals surface area contributed by atoms with Crippen LogP contribution >= 0.6 is 39.5 Å². The molecule has 1 fully saturated rings. The summed E-state index contributed by atoms with van der Waals surface area (Å²) in [7, 11) is 0. The first-order valence-corrected chi connectivity index (χ1v) is 12.0. The van der Waals surface area contributed by atoms with Crippen LogP contribution in [-0.4, -0.2) is 28.3 Å². The summed E-state index contributed by atoms with van der Waals surface area (Å²) in [5.74, 6) is -1.36. The van der Waals surface area contributed by atoms with E-state index >= 15 is 0 Å². The Morgan fingerprint density at radius 1 is 1.12 bits per heavy atom. The molecular formula is C22H16BrF2N3O2S2. The largest absolute Gasteiger partial charge is 0.455 e. The van der Waals surface area contributed by atoms with Crippen molar-refractivity contribution in [1.82, 2.24) is 5.32 Å². The zero-order valence-corrected chi connectivity index (χ0v) is 19.6. The molecule has 0 unspecified atom stereocenters. The number of carbonyl (C=O) groups excluding carboxylic acids is 1. The van der Waals surface area contributed by atoms with Gasteiger partial charge in [0.25, 0.3) is 5.76 Å². The SMILES string of the molecule is O=C1N/C(=N/N=C\c2ccc(-c3ccc(Br)cc3)o2)S[C@H]1Cc1ccc(SC(F)F)cc1. The van der Waals surface area contributed by atoms with Crippen LogP contribution in [0.5, 0.6) is 0 Å². The Bertz CT molecular complexity index is 1150. The quantitative estimate of drug-likeness (QED) is 0.222. The molecular weight excluding hydrogens is 520 g/mol. The van der Waals surface area contributed by atoms with Crippen molar-refractivity contribution in [3.8, 4) is 11.3 Å². The first kappa shape index (κ1) is 22.8. The third-order valence-electron chi connectivity index (χ3n) is 4.44. The van der Waals surface area contributed by atoms with Crippen molar-refractivity contribution in [2.45, 2.75) is 22.3 Å². The van der Waals surface area contributed by atoms with E-state index in [4.69, 9.17) is 4.42 Å². The van der Waals surface area contributed by atoms with Gasteiger partial charge >= 0.3 is 0 Å². The number of hydrogen-bond acceptors (Lipinski definition) is 6. The van der Waals surface area contributed by atoms with E-state index in [0.29, 0.717) is 39.8 Å². The maximum atomic E-state index is 12.4. The van der Waals surface area contributed by atoms with Gasteiger partial charge in [0.15, 0.2) is 5.17 Å². The fraction of sp³-hybridized carbons (Fsp3) is 0.136. The lowest BCUT2D eigenvalue weighted by molar-refractivity contribution is -0.118. The lowest BCUT2D eigenvalue weighted by Crippen LogP contribution is -2.25. The number of thioether (sulfide) groups is 2. The summed E-state index contributed by atoms with van der Waals surface area (Å²) in [6.45, 7) is 0. The van der Waals surface area contributed by atoms with Crippen molar-refractivity contribution >= 4 is 56.7 Å². The van der Waals surface area contributed by atoms with Gasteiger partial charge in [-0.25, -0.2) is 0 Å². The molecule has 1 amide bonds. The highest BCUT2D eigenvalue weighted by Crippen LogP contribution is 2.28. The summed E-state index contributed by atoms with van der Waals surface area (Å²) in [4.78, 5) is 12.7. The Hall–Kier alpha value is -2.43. The van der Waals surface area contributed by atoms with Gasteiger partial charge < -0.3 is 9.73 Å². The molecule has 32 heavy (non-hydrogen) atoms. The monoisotopic (exact) mass is 535 g/mol. The van der Waals surface area contributed by atoms with Crippen LogP contribution < -0.4 is 5.32 Å². The molecule has 2 heterocycles. The van der Waals surface area contributed by atoms with Crippen molar-refractivity contribution in [2.24, 2.45) is 10.2 Å². The molecule has 1 saturated heterocycles. The molecule has 4 rings (SSSR count). The second-order valence-corrected chi connectivity index (χ2v) is 9.85.